The molecule has 0 aromatic heterocycles. The minimum Gasteiger partial charge on any atom is -0.316 e. The van der Waals surface area contributed by atoms with Crippen LogP contribution in [0.15, 0.2) is 0 Å². The molecule has 0 radical (unpaired) electrons. The molecular weight excluding hydrogens is 248 g/mol. The number of sulfonamides is 1. The summed E-state index contributed by atoms with van der Waals surface area (Å²) in [5.41, 5.74) is 0. The van der Waals surface area contributed by atoms with Crippen molar-refractivity contribution in [1.29, 1.82) is 0 Å². The molecule has 0 aromatic carbocycles. The normalized spacial score (nSPS) is 15.9. The molecule has 110 valence electrons. The summed E-state index contributed by atoms with van der Waals surface area (Å²) < 4.78 is 26.8. The molecule has 0 spiro atoms. The van der Waals surface area contributed by atoms with Gasteiger partial charge in [-0.25, -0.2) is 13.1 Å². The van der Waals surface area contributed by atoms with E-state index in [2.05, 4.69) is 23.9 Å². The maximum Gasteiger partial charge on any atom is 0.215 e. The summed E-state index contributed by atoms with van der Waals surface area (Å²) in [5, 5.41) is 2.68. The average molecular weight is 278 g/mol. The number of rotatable bonds is 10. The zero-order valence-corrected chi connectivity index (χ0v) is 13.3. The van der Waals surface area contributed by atoms with Gasteiger partial charge in [-0.1, -0.05) is 33.6 Å². The highest BCUT2D eigenvalue weighted by Crippen LogP contribution is 2.09. The van der Waals surface area contributed by atoms with E-state index in [0.29, 0.717) is 12.5 Å². The van der Waals surface area contributed by atoms with Crippen LogP contribution in [0, 0.1) is 5.92 Å². The smallest absolute Gasteiger partial charge is 0.215 e. The van der Waals surface area contributed by atoms with Crippen LogP contribution >= 0.6 is 0 Å². The third-order valence-corrected chi connectivity index (χ3v) is 4.95. The summed E-state index contributed by atoms with van der Waals surface area (Å²) in [4.78, 5) is 0. The van der Waals surface area contributed by atoms with Crippen LogP contribution in [0.3, 0.4) is 0 Å². The second-order valence-corrected chi connectivity index (χ2v) is 7.64. The highest BCUT2D eigenvalue weighted by atomic mass is 32.2. The van der Waals surface area contributed by atoms with E-state index in [1.807, 2.05) is 13.8 Å². The second kappa shape index (κ2) is 8.88. The van der Waals surface area contributed by atoms with E-state index in [9.17, 15) is 8.42 Å². The molecule has 0 aliphatic rings. The predicted octanol–water partition coefficient (Wildman–Crippen LogP) is 2.12. The van der Waals surface area contributed by atoms with Gasteiger partial charge in [-0.05, 0) is 32.7 Å². The Labute approximate surface area is 113 Å². The van der Waals surface area contributed by atoms with Gasteiger partial charge in [0.15, 0.2) is 0 Å². The molecule has 5 heteroatoms. The summed E-state index contributed by atoms with van der Waals surface area (Å²) in [5.74, 6) is 0.682. The van der Waals surface area contributed by atoms with Gasteiger partial charge in [-0.15, -0.1) is 0 Å². The van der Waals surface area contributed by atoms with Crippen molar-refractivity contribution in [3.05, 3.63) is 0 Å². The second-order valence-electron chi connectivity index (χ2n) is 5.51. The fourth-order valence-corrected chi connectivity index (χ4v) is 2.99. The van der Waals surface area contributed by atoms with Crippen molar-refractivity contribution < 1.29 is 8.42 Å². The van der Waals surface area contributed by atoms with Crippen LogP contribution in [0.2, 0.25) is 0 Å². The SMILES string of the molecule is CCNCC(C)S(=O)(=O)NC(C)CCCC(C)C. The number of nitrogens with one attached hydrogen (secondary N) is 2. The Morgan fingerprint density at radius 1 is 1.06 bits per heavy atom. The highest BCUT2D eigenvalue weighted by Gasteiger charge is 2.21. The van der Waals surface area contributed by atoms with Crippen molar-refractivity contribution in [1.82, 2.24) is 10.0 Å². The molecule has 0 amide bonds. The van der Waals surface area contributed by atoms with Gasteiger partial charge in [0.25, 0.3) is 0 Å². The van der Waals surface area contributed by atoms with Crippen LogP contribution in [0.5, 0.6) is 0 Å². The van der Waals surface area contributed by atoms with Crippen molar-refractivity contribution >= 4 is 10.0 Å². The molecule has 2 N–H and O–H groups in total. The quantitative estimate of drug-likeness (QED) is 0.643. The molecule has 0 saturated carbocycles. The molecule has 2 unspecified atom stereocenters. The summed E-state index contributed by atoms with van der Waals surface area (Å²) in [6.45, 7) is 11.3. The first-order valence-electron chi connectivity index (χ1n) is 7.01. The van der Waals surface area contributed by atoms with Gasteiger partial charge < -0.3 is 5.32 Å². The number of hydrogen-bond acceptors (Lipinski definition) is 3. The zero-order valence-electron chi connectivity index (χ0n) is 12.5. The Kier molecular flexibility index (Phi) is 8.82. The fraction of sp³-hybridized carbons (Fsp3) is 1.00. The molecule has 0 saturated heterocycles. The Morgan fingerprint density at radius 2 is 1.67 bits per heavy atom. The minimum atomic E-state index is -3.19. The molecule has 0 heterocycles. The highest BCUT2D eigenvalue weighted by molar-refractivity contribution is 7.90. The van der Waals surface area contributed by atoms with Gasteiger partial charge in [-0.2, -0.15) is 0 Å². The lowest BCUT2D eigenvalue weighted by Gasteiger charge is -2.19. The van der Waals surface area contributed by atoms with Gasteiger partial charge in [-0.3, -0.25) is 0 Å². The van der Waals surface area contributed by atoms with Crippen molar-refractivity contribution in [2.24, 2.45) is 5.92 Å². The summed E-state index contributed by atoms with van der Waals surface area (Å²) >= 11 is 0. The molecule has 0 rings (SSSR count). The van der Waals surface area contributed by atoms with Gasteiger partial charge in [0.05, 0.1) is 5.25 Å². The predicted molar refractivity (Wildman–Crippen MR) is 78.2 cm³/mol. The molecule has 0 fully saturated rings. The molecule has 0 aromatic rings. The molecule has 0 aliphatic carbocycles. The van der Waals surface area contributed by atoms with Crippen LogP contribution in [-0.4, -0.2) is 32.8 Å². The third kappa shape index (κ3) is 8.06. The van der Waals surface area contributed by atoms with Crippen molar-refractivity contribution in [3.63, 3.8) is 0 Å². The molecule has 0 aliphatic heterocycles. The third-order valence-electron chi connectivity index (χ3n) is 3.00. The van der Waals surface area contributed by atoms with Gasteiger partial charge >= 0.3 is 0 Å². The summed E-state index contributed by atoms with van der Waals surface area (Å²) in [7, 11) is -3.19. The van der Waals surface area contributed by atoms with E-state index in [-0.39, 0.29) is 11.3 Å². The fourth-order valence-electron chi connectivity index (χ4n) is 1.75. The van der Waals surface area contributed by atoms with Gasteiger partial charge in [0.1, 0.15) is 0 Å². The first-order chi connectivity index (χ1) is 8.29. The molecular formula is C13H30N2O2S. The Balaban J connectivity index is 4.06. The Morgan fingerprint density at radius 3 is 2.17 bits per heavy atom. The Hall–Kier alpha value is -0.130. The maximum absolute atomic E-state index is 12.0. The first kappa shape index (κ1) is 17.9. The van der Waals surface area contributed by atoms with E-state index in [1.54, 1.807) is 6.92 Å². The van der Waals surface area contributed by atoms with Crippen LogP contribution in [-0.2, 0) is 10.0 Å². The summed E-state index contributed by atoms with van der Waals surface area (Å²) in [6.07, 6.45) is 3.13. The van der Waals surface area contributed by atoms with E-state index in [1.165, 1.54) is 0 Å². The van der Waals surface area contributed by atoms with Crippen molar-refractivity contribution in [2.45, 2.75) is 65.2 Å². The molecule has 0 bridgehead atoms. The summed E-state index contributed by atoms with van der Waals surface area (Å²) in [6, 6.07) is 0.0258. The largest absolute Gasteiger partial charge is 0.316 e. The van der Waals surface area contributed by atoms with Gasteiger partial charge in [0.2, 0.25) is 10.0 Å². The van der Waals surface area contributed by atoms with Gasteiger partial charge in [0, 0.05) is 12.6 Å². The monoisotopic (exact) mass is 278 g/mol. The molecule has 4 nitrogen and oxygen atoms in total. The van der Waals surface area contributed by atoms with Crippen LogP contribution in [0.4, 0.5) is 0 Å². The van der Waals surface area contributed by atoms with Crippen LogP contribution < -0.4 is 10.0 Å². The lowest BCUT2D eigenvalue weighted by Crippen LogP contribution is -2.42. The van der Waals surface area contributed by atoms with Crippen LogP contribution in [0.1, 0.15) is 53.9 Å². The van der Waals surface area contributed by atoms with E-state index < -0.39 is 10.0 Å². The van der Waals surface area contributed by atoms with Crippen LogP contribution in [0.25, 0.3) is 0 Å². The van der Waals surface area contributed by atoms with E-state index in [4.69, 9.17) is 0 Å². The van der Waals surface area contributed by atoms with E-state index >= 15 is 0 Å². The molecule has 18 heavy (non-hydrogen) atoms. The maximum atomic E-state index is 12.0. The average Bonchev–Trinajstić information content (AvgIpc) is 2.24. The number of hydrogen-bond donors (Lipinski definition) is 2. The lowest BCUT2D eigenvalue weighted by molar-refractivity contribution is 0.484. The topological polar surface area (TPSA) is 58.2 Å². The zero-order chi connectivity index (χ0) is 14.2. The van der Waals surface area contributed by atoms with E-state index in [0.717, 1.165) is 25.8 Å². The Bertz CT molecular complexity index is 302. The lowest BCUT2D eigenvalue weighted by atomic mass is 10.0. The van der Waals surface area contributed by atoms with Crippen molar-refractivity contribution in [2.75, 3.05) is 13.1 Å². The first-order valence-corrected chi connectivity index (χ1v) is 8.56. The molecule has 2 atom stereocenters. The standard InChI is InChI=1S/C13H30N2O2S/c1-6-14-10-13(5)18(16,17)15-12(4)9-7-8-11(2)3/h11-15H,6-10H2,1-5H3. The van der Waals surface area contributed by atoms with Crippen molar-refractivity contribution in [3.8, 4) is 0 Å². The minimum absolute atomic E-state index is 0.0258.